The molecule has 65 heavy (non-hydrogen) atoms. The molecule has 16 N–H and O–H groups in total. The molecule has 0 bridgehead atoms. The van der Waals surface area contributed by atoms with Crippen LogP contribution in [0, 0.1) is 0 Å². The zero-order valence-corrected chi connectivity index (χ0v) is 37.6. The normalized spacial score (nSPS) is 12.9. The van der Waals surface area contributed by atoms with Gasteiger partial charge in [0.1, 0.15) is 36.0 Å². The number of aliphatic hydroxyl groups excluding tert-OH is 1. The van der Waals surface area contributed by atoms with Gasteiger partial charge in [-0.15, -0.1) is 0 Å². The predicted molar refractivity (Wildman–Crippen MR) is 244 cm³/mol. The van der Waals surface area contributed by atoms with E-state index in [4.69, 9.17) is 27.7 Å². The third-order valence-corrected chi connectivity index (χ3v) is 11.2. The molecule has 2 aromatic carbocycles. The number of nitrogens with zero attached hydrogens (tertiary/aromatic N) is 2. The zero-order chi connectivity index (χ0) is 48.3. The Morgan fingerprint density at radius 2 is 1.23 bits per heavy atom. The molecule has 0 radical (unpaired) electrons. The molecule has 0 saturated carbocycles. The van der Waals surface area contributed by atoms with Crippen LogP contribution in [0.3, 0.4) is 0 Å². The van der Waals surface area contributed by atoms with Gasteiger partial charge in [0.15, 0.2) is 11.9 Å². The van der Waals surface area contributed by atoms with E-state index in [-0.39, 0.29) is 57.1 Å². The summed E-state index contributed by atoms with van der Waals surface area (Å²) in [6.07, 6.45) is -0.818. The first kappa shape index (κ1) is 54.5. The number of carbonyl (C=O) groups excluding carboxylic acids is 7. The van der Waals surface area contributed by atoms with Gasteiger partial charge in [0.2, 0.25) is 35.4 Å². The van der Waals surface area contributed by atoms with Crippen molar-refractivity contribution in [3.63, 3.8) is 0 Å². The average molecular weight is 947 g/mol. The second-order valence-electron chi connectivity index (χ2n) is 14.0. The minimum absolute atomic E-state index is 0.000603. The summed E-state index contributed by atoms with van der Waals surface area (Å²) >= 11 is 0. The van der Waals surface area contributed by atoms with Gasteiger partial charge in [-0.05, 0) is 43.4 Å². The lowest BCUT2D eigenvalue weighted by Gasteiger charge is -2.25. The van der Waals surface area contributed by atoms with Gasteiger partial charge in [-0.2, -0.15) is 0 Å². The van der Waals surface area contributed by atoms with E-state index < -0.39 is 97.2 Å². The number of amides is 6. The molecular weight excluding hydrogens is 889 g/mol. The quantitative estimate of drug-likeness (QED) is 0.0102. The number of guanidine groups is 2. The van der Waals surface area contributed by atoms with E-state index in [2.05, 4.69) is 41.9 Å². The van der Waals surface area contributed by atoms with Gasteiger partial charge in [0.05, 0.1) is 24.5 Å². The van der Waals surface area contributed by atoms with E-state index in [1.807, 2.05) is 6.92 Å². The number of aliphatic hydroxyl groups is 1. The number of para-hydroxylation sites is 1. The largest absolute Gasteiger partial charge is 0.481 e. The third kappa shape index (κ3) is 22.0. The number of nitrogens with one attached hydrogen (secondary N) is 6. The molecule has 2 aromatic rings. The Morgan fingerprint density at radius 3 is 1.78 bits per heavy atom. The summed E-state index contributed by atoms with van der Waals surface area (Å²) in [4.78, 5) is 112. The molecule has 0 aliphatic carbocycles. The van der Waals surface area contributed by atoms with Crippen molar-refractivity contribution in [2.75, 3.05) is 32.0 Å². The van der Waals surface area contributed by atoms with Gasteiger partial charge < -0.3 is 69.8 Å². The second-order valence-corrected chi connectivity index (χ2v) is 16.6. The van der Waals surface area contributed by atoms with Crippen LogP contribution in [-0.4, -0.2) is 132 Å². The summed E-state index contributed by atoms with van der Waals surface area (Å²) in [6, 6.07) is 8.34. The maximum atomic E-state index is 13.6. The number of hydrogen-bond acceptors (Lipinski definition) is 14. The minimum atomic E-state index is -1.77. The van der Waals surface area contributed by atoms with E-state index in [0.29, 0.717) is 16.2 Å². The molecule has 0 aromatic heterocycles. The van der Waals surface area contributed by atoms with Crippen molar-refractivity contribution in [1.82, 2.24) is 31.9 Å². The Balaban J connectivity index is 2.21. The minimum Gasteiger partial charge on any atom is -0.481 e. The van der Waals surface area contributed by atoms with Crippen molar-refractivity contribution in [2.24, 2.45) is 32.9 Å². The van der Waals surface area contributed by atoms with Gasteiger partial charge in [0, 0.05) is 32.2 Å². The van der Waals surface area contributed by atoms with Crippen LogP contribution in [0.5, 0.6) is 5.75 Å². The fraction of sp³-hybridized carbons (Fsp3) is 0.450. The van der Waals surface area contributed by atoms with Crippen molar-refractivity contribution in [2.45, 2.75) is 87.5 Å². The first-order chi connectivity index (χ1) is 30.9. The van der Waals surface area contributed by atoms with Crippen LogP contribution in [0.2, 0.25) is 0 Å². The highest BCUT2D eigenvalue weighted by Crippen LogP contribution is 2.37. The van der Waals surface area contributed by atoms with Crippen molar-refractivity contribution in [3.8, 4) is 5.75 Å². The predicted octanol–water partition coefficient (Wildman–Crippen LogP) is -2.27. The van der Waals surface area contributed by atoms with Crippen LogP contribution in [0.1, 0.15) is 51.5 Å². The average Bonchev–Trinajstić information content (AvgIpc) is 3.25. The van der Waals surface area contributed by atoms with E-state index in [0.717, 1.165) is 12.7 Å². The molecule has 2 rings (SSSR count). The summed E-state index contributed by atoms with van der Waals surface area (Å²) in [5.41, 5.74) is 22.1. The summed E-state index contributed by atoms with van der Waals surface area (Å²) < 4.78 is 5.72. The Bertz CT molecular complexity index is 1990. The molecule has 6 amide bonds. The van der Waals surface area contributed by atoms with Crippen LogP contribution in [-0.2, 0) is 44.8 Å². The smallest absolute Gasteiger partial charge is 0.334 e. The molecule has 0 aliphatic rings. The molecule has 0 saturated heterocycles. The molecule has 0 aliphatic heterocycles. The molecule has 0 spiro atoms. The summed E-state index contributed by atoms with van der Waals surface area (Å²) in [7, 11) is 2.97. The van der Waals surface area contributed by atoms with E-state index >= 15 is 0 Å². The number of aliphatic carboxylic acids is 1. The molecule has 5 atom stereocenters. The second kappa shape index (κ2) is 29.7. The Kier molecular flexibility index (Phi) is 24.9. The highest BCUT2D eigenvalue weighted by atomic mass is 33.1. The van der Waals surface area contributed by atoms with Crippen LogP contribution in [0.15, 0.2) is 69.5 Å². The molecule has 0 heterocycles. The van der Waals surface area contributed by atoms with E-state index in [1.54, 1.807) is 65.4 Å². The summed E-state index contributed by atoms with van der Waals surface area (Å²) in [6.45, 7) is 1.53. The van der Waals surface area contributed by atoms with Gasteiger partial charge in [0.25, 0.3) is 0 Å². The van der Waals surface area contributed by atoms with Gasteiger partial charge in [-0.3, -0.25) is 43.5 Å². The highest BCUT2D eigenvalue weighted by molar-refractivity contribution is 8.76. The van der Waals surface area contributed by atoms with Crippen LogP contribution in [0.25, 0.3) is 0 Å². The first-order valence-corrected chi connectivity index (χ1v) is 22.6. The SMILES string of the molecule is CCSSc1ccccc1OC(=O)C(Cc1ccccc1)NC(=O)CNC(=O)[C@H](CO)NC(=O)[C@H](CCCN=C(N)N)NC(=O)[C@H](CC(=O)O)NC(=O)[C@H](CCCN=C(N)N)NC(C)=O. The molecule has 25 heteroatoms. The Morgan fingerprint density at radius 1 is 0.692 bits per heavy atom. The van der Waals surface area contributed by atoms with Crippen molar-refractivity contribution < 1.29 is 53.3 Å². The number of carboxylic acid groups (broad SMARTS) is 1. The number of ether oxygens (including phenoxy) is 1. The molecule has 356 valence electrons. The van der Waals surface area contributed by atoms with E-state index in [9.17, 15) is 48.6 Å². The summed E-state index contributed by atoms with van der Waals surface area (Å²) in [5, 5.41) is 33.9. The standard InChI is InChI=1S/C40H58N12O11S2/c1-3-64-65-31-16-8-7-15-30(31)63-38(62)28(19-24-11-5-4-6-12-24)49-32(55)21-47-34(58)29(22-53)52-36(60)26(14-10-18-46-40(43)44)50-37(61)27(20-33(56)57)51-35(59)25(48-23(2)54)13-9-17-45-39(41)42/h4-8,11-12,15-16,25-29,53H,3,9-10,13-14,17-22H2,1-2H3,(H,47,58)(H,48,54)(H,49,55)(H,50,61)(H,51,59)(H,52,60)(H,56,57)(H4,41,42,45)(H4,43,44,46)/t25-,26-,27-,28?,29-/m0/s1. The van der Waals surface area contributed by atoms with Crippen LogP contribution in [0.4, 0.5) is 0 Å². The van der Waals surface area contributed by atoms with Crippen molar-refractivity contribution in [3.05, 3.63) is 60.2 Å². The van der Waals surface area contributed by atoms with Crippen molar-refractivity contribution >= 4 is 80.9 Å². The Hall–Kier alpha value is -6.60. The van der Waals surface area contributed by atoms with Gasteiger partial charge >= 0.3 is 11.9 Å². The third-order valence-electron chi connectivity index (χ3n) is 8.70. The number of hydrogen-bond donors (Lipinski definition) is 12. The zero-order valence-electron chi connectivity index (χ0n) is 36.0. The van der Waals surface area contributed by atoms with Crippen molar-refractivity contribution in [1.29, 1.82) is 0 Å². The number of aliphatic imine (C=N–C) groups is 2. The number of esters is 1. The fourth-order valence-electron chi connectivity index (χ4n) is 5.67. The van der Waals surface area contributed by atoms with Gasteiger partial charge in [-0.25, -0.2) is 4.79 Å². The number of rotatable bonds is 29. The van der Waals surface area contributed by atoms with E-state index in [1.165, 1.54) is 10.8 Å². The molecule has 1 unspecified atom stereocenters. The van der Waals surface area contributed by atoms with Gasteiger partial charge in [-0.1, -0.05) is 71.0 Å². The van der Waals surface area contributed by atoms with Crippen LogP contribution >= 0.6 is 21.6 Å². The lowest BCUT2D eigenvalue weighted by atomic mass is 10.1. The number of carbonyl (C=O) groups is 8. The highest BCUT2D eigenvalue weighted by Gasteiger charge is 2.32. The number of benzene rings is 2. The summed E-state index contributed by atoms with van der Waals surface area (Å²) in [5.74, 6) is -7.15. The number of carboxylic acids is 1. The van der Waals surface area contributed by atoms with Crippen LogP contribution < -0.4 is 59.6 Å². The molecular formula is C40H58N12O11S2. The molecule has 23 nitrogen and oxygen atoms in total. The fourth-order valence-corrected chi connectivity index (χ4v) is 7.39. The lowest BCUT2D eigenvalue weighted by molar-refractivity contribution is -0.141. The Labute approximate surface area is 383 Å². The monoisotopic (exact) mass is 946 g/mol. The maximum Gasteiger partial charge on any atom is 0.334 e. The first-order valence-electron chi connectivity index (χ1n) is 20.3. The maximum absolute atomic E-state index is 13.6. The molecule has 0 fully saturated rings. The lowest BCUT2D eigenvalue weighted by Crippen LogP contribution is -2.59. The topological polar surface area (TPSA) is 387 Å². The number of nitrogens with two attached hydrogens (primary N) is 4.